The maximum Gasteiger partial charge on any atom is 0.249 e. The fraction of sp³-hybridized carbons (Fsp3) is 0.174. The summed E-state index contributed by atoms with van der Waals surface area (Å²) in [4.78, 5) is 12.0. The summed E-state index contributed by atoms with van der Waals surface area (Å²) in [6.45, 7) is 2.82. The molecule has 0 aliphatic heterocycles. The second kappa shape index (κ2) is 7.09. The fourth-order valence-corrected chi connectivity index (χ4v) is 3.94. The zero-order valence-electron chi connectivity index (χ0n) is 15.1. The molecular formula is C23H20ClN2O. The predicted molar refractivity (Wildman–Crippen MR) is 111 cm³/mol. The Labute approximate surface area is 163 Å². The van der Waals surface area contributed by atoms with E-state index in [9.17, 15) is 4.79 Å². The van der Waals surface area contributed by atoms with E-state index >= 15 is 0 Å². The van der Waals surface area contributed by atoms with Gasteiger partial charge in [-0.05, 0) is 53.9 Å². The van der Waals surface area contributed by atoms with Crippen LogP contribution in [-0.4, -0.2) is 10.5 Å². The summed E-state index contributed by atoms with van der Waals surface area (Å²) in [6, 6.07) is 21.2. The summed E-state index contributed by atoms with van der Waals surface area (Å²) in [6.07, 6.45) is 2.06. The SMILES string of the molecule is CCCc1c[c]c2c3c(C(N)=O)cccc3n(Cc3cccc(Cl)c3)c2c1. The average Bonchev–Trinajstić information content (AvgIpc) is 2.95. The minimum Gasteiger partial charge on any atom is -0.366 e. The second-order valence-electron chi connectivity index (χ2n) is 6.80. The smallest absolute Gasteiger partial charge is 0.249 e. The van der Waals surface area contributed by atoms with E-state index in [1.165, 1.54) is 5.56 Å². The van der Waals surface area contributed by atoms with Crippen LogP contribution in [0.5, 0.6) is 0 Å². The number of aryl methyl sites for hydroxylation is 1. The van der Waals surface area contributed by atoms with Crippen LogP contribution in [0.25, 0.3) is 21.8 Å². The van der Waals surface area contributed by atoms with Gasteiger partial charge in [-0.2, -0.15) is 0 Å². The minimum atomic E-state index is -0.423. The number of nitrogens with two attached hydrogens (primary N) is 1. The molecule has 4 rings (SSSR count). The molecule has 1 aromatic heterocycles. The predicted octanol–water partition coefficient (Wildman–Crippen LogP) is 5.35. The summed E-state index contributed by atoms with van der Waals surface area (Å²) in [7, 11) is 0. The molecule has 0 saturated carbocycles. The van der Waals surface area contributed by atoms with E-state index in [-0.39, 0.29) is 0 Å². The van der Waals surface area contributed by atoms with Crippen LogP contribution < -0.4 is 5.73 Å². The van der Waals surface area contributed by atoms with Crippen LogP contribution in [0.1, 0.15) is 34.8 Å². The standard InChI is InChI=1S/C23H20ClN2O/c1-2-5-15-10-11-18-21(13-15)26(14-16-6-3-7-17(24)12-16)20-9-4-8-19(22(18)20)23(25)27/h3-4,6-10,12-13H,2,5,14H2,1H3,(H2,25,27). The van der Waals surface area contributed by atoms with Crippen molar-refractivity contribution in [3.8, 4) is 0 Å². The molecule has 0 aliphatic rings. The fourth-order valence-electron chi connectivity index (χ4n) is 3.73. The van der Waals surface area contributed by atoms with E-state index in [4.69, 9.17) is 17.3 Å². The van der Waals surface area contributed by atoms with Crippen LogP contribution in [0.2, 0.25) is 5.02 Å². The van der Waals surface area contributed by atoms with Gasteiger partial charge in [0.1, 0.15) is 0 Å². The quantitative estimate of drug-likeness (QED) is 0.502. The molecule has 3 aromatic carbocycles. The molecule has 4 aromatic rings. The van der Waals surface area contributed by atoms with Crippen molar-refractivity contribution in [2.24, 2.45) is 5.73 Å². The van der Waals surface area contributed by atoms with Crippen LogP contribution in [0.3, 0.4) is 0 Å². The second-order valence-corrected chi connectivity index (χ2v) is 7.23. The first-order valence-electron chi connectivity index (χ1n) is 9.08. The van der Waals surface area contributed by atoms with Crippen LogP contribution >= 0.6 is 11.6 Å². The van der Waals surface area contributed by atoms with Gasteiger partial charge in [0.05, 0.1) is 11.0 Å². The van der Waals surface area contributed by atoms with Gasteiger partial charge in [-0.3, -0.25) is 4.79 Å². The van der Waals surface area contributed by atoms with Crippen LogP contribution in [-0.2, 0) is 13.0 Å². The lowest BCUT2D eigenvalue weighted by molar-refractivity contribution is 0.100. The third-order valence-electron chi connectivity index (χ3n) is 4.89. The van der Waals surface area contributed by atoms with E-state index in [1.54, 1.807) is 6.07 Å². The average molecular weight is 376 g/mol. The minimum absolute atomic E-state index is 0.423. The monoisotopic (exact) mass is 375 g/mol. The molecule has 1 heterocycles. The molecule has 0 unspecified atom stereocenters. The Morgan fingerprint density at radius 1 is 1.11 bits per heavy atom. The number of halogens is 1. The van der Waals surface area contributed by atoms with Crippen molar-refractivity contribution < 1.29 is 4.79 Å². The lowest BCUT2D eigenvalue weighted by Gasteiger charge is -2.09. The number of primary amides is 1. The van der Waals surface area contributed by atoms with Gasteiger partial charge in [-0.15, -0.1) is 0 Å². The topological polar surface area (TPSA) is 48.0 Å². The highest BCUT2D eigenvalue weighted by atomic mass is 35.5. The van der Waals surface area contributed by atoms with Crippen molar-refractivity contribution >= 4 is 39.3 Å². The third-order valence-corrected chi connectivity index (χ3v) is 5.12. The van der Waals surface area contributed by atoms with Gasteiger partial charge in [-0.25, -0.2) is 0 Å². The van der Waals surface area contributed by atoms with Crippen molar-refractivity contribution in [3.63, 3.8) is 0 Å². The lowest BCUT2D eigenvalue weighted by Crippen LogP contribution is -2.11. The number of hydrogen-bond donors (Lipinski definition) is 1. The van der Waals surface area contributed by atoms with Crippen molar-refractivity contribution in [1.82, 2.24) is 4.57 Å². The Hall–Kier alpha value is -2.78. The zero-order valence-corrected chi connectivity index (χ0v) is 15.9. The molecule has 0 saturated heterocycles. The first-order valence-corrected chi connectivity index (χ1v) is 9.46. The van der Waals surface area contributed by atoms with Crippen LogP contribution in [0.4, 0.5) is 0 Å². The van der Waals surface area contributed by atoms with Crippen molar-refractivity contribution in [1.29, 1.82) is 0 Å². The maximum atomic E-state index is 12.0. The van der Waals surface area contributed by atoms with Crippen molar-refractivity contribution in [3.05, 3.63) is 82.4 Å². The molecule has 4 heteroatoms. The molecule has 1 radical (unpaired) electrons. The third kappa shape index (κ3) is 3.19. The summed E-state index contributed by atoms with van der Waals surface area (Å²) in [5, 5.41) is 2.51. The van der Waals surface area contributed by atoms with E-state index < -0.39 is 5.91 Å². The molecular weight excluding hydrogens is 356 g/mol. The Bertz CT molecular complexity index is 1160. The highest BCUT2D eigenvalue weighted by Crippen LogP contribution is 2.33. The van der Waals surface area contributed by atoms with Gasteiger partial charge < -0.3 is 10.3 Å². The number of nitrogens with zero attached hydrogens (tertiary/aromatic N) is 1. The van der Waals surface area contributed by atoms with Gasteiger partial charge in [0.15, 0.2) is 0 Å². The van der Waals surface area contributed by atoms with Crippen LogP contribution in [0.15, 0.2) is 54.6 Å². The molecule has 3 nitrogen and oxygen atoms in total. The molecule has 0 bridgehead atoms. The van der Waals surface area contributed by atoms with Gasteiger partial charge in [0.25, 0.3) is 0 Å². The summed E-state index contributed by atoms with van der Waals surface area (Å²) in [5.41, 5.74) is 10.6. The van der Waals surface area contributed by atoms with E-state index in [2.05, 4.69) is 29.7 Å². The van der Waals surface area contributed by atoms with Crippen molar-refractivity contribution in [2.75, 3.05) is 0 Å². The first kappa shape index (κ1) is 17.6. The van der Waals surface area contributed by atoms with E-state index in [0.29, 0.717) is 17.1 Å². The number of carbonyl (C=O) groups is 1. The Balaban J connectivity index is 2.02. The molecule has 0 spiro atoms. The van der Waals surface area contributed by atoms with Gasteiger partial charge >= 0.3 is 0 Å². The van der Waals surface area contributed by atoms with Crippen LogP contribution in [0, 0.1) is 6.07 Å². The molecule has 0 fully saturated rings. The zero-order chi connectivity index (χ0) is 19.0. The number of rotatable bonds is 5. The molecule has 1 amide bonds. The normalized spacial score (nSPS) is 11.3. The summed E-state index contributed by atoms with van der Waals surface area (Å²) < 4.78 is 2.22. The molecule has 135 valence electrons. The number of fused-ring (bicyclic) bond motifs is 3. The largest absolute Gasteiger partial charge is 0.366 e. The highest BCUT2D eigenvalue weighted by molar-refractivity contribution is 6.30. The summed E-state index contributed by atoms with van der Waals surface area (Å²) in [5.74, 6) is -0.423. The Morgan fingerprint density at radius 3 is 2.67 bits per heavy atom. The number of benzene rings is 3. The van der Waals surface area contributed by atoms with Crippen molar-refractivity contribution in [2.45, 2.75) is 26.3 Å². The number of hydrogen-bond acceptors (Lipinski definition) is 1. The first-order chi connectivity index (χ1) is 13.1. The Kier molecular flexibility index (Phi) is 4.63. The highest BCUT2D eigenvalue weighted by Gasteiger charge is 2.17. The molecule has 0 atom stereocenters. The lowest BCUT2D eigenvalue weighted by atomic mass is 10.0. The summed E-state index contributed by atoms with van der Waals surface area (Å²) >= 11 is 6.18. The van der Waals surface area contributed by atoms with E-state index in [1.807, 2.05) is 36.4 Å². The van der Waals surface area contributed by atoms with E-state index in [0.717, 1.165) is 40.2 Å². The van der Waals surface area contributed by atoms with Gasteiger partial charge in [0.2, 0.25) is 5.91 Å². The number of carbonyl (C=O) groups excluding carboxylic acids is 1. The van der Waals surface area contributed by atoms with Gasteiger partial charge in [-0.1, -0.05) is 49.2 Å². The maximum absolute atomic E-state index is 12.0. The molecule has 27 heavy (non-hydrogen) atoms. The van der Waals surface area contributed by atoms with Gasteiger partial charge in [0, 0.05) is 27.9 Å². The molecule has 0 aliphatic carbocycles. The Morgan fingerprint density at radius 2 is 1.93 bits per heavy atom. The molecule has 2 N–H and O–H groups in total. The number of amides is 1. The number of aromatic nitrogens is 1.